The Bertz CT molecular complexity index is 529. The smallest absolute Gasteiger partial charge is 0.244 e. The largest absolute Gasteiger partial charge is 0.384 e. The molecule has 1 aliphatic rings. The molecule has 0 aromatic carbocycles. The number of rotatable bonds is 3. The van der Waals surface area contributed by atoms with Gasteiger partial charge in [-0.1, -0.05) is 6.92 Å². The first-order valence-electron chi connectivity index (χ1n) is 6.37. The Morgan fingerprint density at radius 2 is 2.16 bits per heavy atom. The van der Waals surface area contributed by atoms with E-state index in [0.717, 1.165) is 13.0 Å². The van der Waals surface area contributed by atoms with Crippen LogP contribution in [0, 0.1) is 0 Å². The van der Waals surface area contributed by atoms with Gasteiger partial charge in [0.2, 0.25) is 10.0 Å². The highest BCUT2D eigenvalue weighted by Gasteiger charge is 2.31. The minimum Gasteiger partial charge on any atom is -0.384 e. The number of likely N-dealkylation sites (N-methyl/N-ethyl adjacent to an activating group) is 1. The Labute approximate surface area is 114 Å². The van der Waals surface area contributed by atoms with E-state index in [4.69, 9.17) is 5.73 Å². The Hall–Kier alpha value is -1.18. The summed E-state index contributed by atoms with van der Waals surface area (Å²) < 4.78 is 26.5. The summed E-state index contributed by atoms with van der Waals surface area (Å²) in [5, 5.41) is 0. The molecular weight excluding hydrogens is 264 g/mol. The Morgan fingerprint density at radius 3 is 2.74 bits per heavy atom. The molecule has 1 aliphatic heterocycles. The van der Waals surface area contributed by atoms with Gasteiger partial charge < -0.3 is 10.6 Å². The molecule has 0 aliphatic carbocycles. The number of pyridine rings is 1. The van der Waals surface area contributed by atoms with E-state index >= 15 is 0 Å². The third-order valence-electron chi connectivity index (χ3n) is 3.61. The summed E-state index contributed by atoms with van der Waals surface area (Å²) in [6, 6.07) is 3.29. The van der Waals surface area contributed by atoms with Crippen LogP contribution in [0.3, 0.4) is 0 Å². The third kappa shape index (κ3) is 2.88. The van der Waals surface area contributed by atoms with E-state index in [1.165, 1.54) is 22.6 Å². The van der Waals surface area contributed by atoms with Crippen LogP contribution in [0.2, 0.25) is 0 Å². The number of aromatic nitrogens is 1. The van der Waals surface area contributed by atoms with E-state index in [-0.39, 0.29) is 10.9 Å². The molecule has 19 heavy (non-hydrogen) atoms. The molecule has 0 amide bonds. The molecule has 2 heterocycles. The molecule has 2 N–H and O–H groups in total. The maximum atomic E-state index is 12.5. The van der Waals surface area contributed by atoms with Gasteiger partial charge in [-0.3, -0.25) is 0 Å². The van der Waals surface area contributed by atoms with Crippen LogP contribution in [0.4, 0.5) is 5.82 Å². The number of nitrogens with two attached hydrogens (primary N) is 1. The second-order valence-corrected chi connectivity index (χ2v) is 6.76. The van der Waals surface area contributed by atoms with Gasteiger partial charge in [0, 0.05) is 31.9 Å². The van der Waals surface area contributed by atoms with Crippen LogP contribution in [0.25, 0.3) is 0 Å². The fraction of sp³-hybridized carbons (Fsp3) is 0.583. The molecule has 0 radical (unpaired) electrons. The lowest BCUT2D eigenvalue weighted by Gasteiger charge is -2.38. The maximum absolute atomic E-state index is 12.5. The average molecular weight is 284 g/mol. The number of nitrogen functional groups attached to an aromatic ring is 1. The molecule has 0 bridgehead atoms. The molecular formula is C12H20N4O2S. The highest BCUT2D eigenvalue weighted by molar-refractivity contribution is 7.89. The van der Waals surface area contributed by atoms with Crippen LogP contribution in [-0.2, 0) is 10.0 Å². The number of hydrogen-bond acceptors (Lipinski definition) is 5. The predicted molar refractivity (Wildman–Crippen MR) is 74.1 cm³/mol. The summed E-state index contributed by atoms with van der Waals surface area (Å²) in [5.74, 6) is 0.323. The molecule has 0 spiro atoms. The summed E-state index contributed by atoms with van der Waals surface area (Å²) >= 11 is 0. The highest BCUT2D eigenvalue weighted by Crippen LogP contribution is 2.20. The first kappa shape index (κ1) is 14.2. The van der Waals surface area contributed by atoms with Crippen molar-refractivity contribution in [1.82, 2.24) is 14.2 Å². The molecule has 1 aromatic rings. The molecule has 2 rings (SSSR count). The van der Waals surface area contributed by atoms with Gasteiger partial charge in [0.1, 0.15) is 10.7 Å². The van der Waals surface area contributed by atoms with Gasteiger partial charge >= 0.3 is 0 Å². The lowest BCUT2D eigenvalue weighted by molar-refractivity contribution is 0.144. The van der Waals surface area contributed by atoms with E-state index in [2.05, 4.69) is 16.8 Å². The van der Waals surface area contributed by atoms with E-state index < -0.39 is 10.0 Å². The maximum Gasteiger partial charge on any atom is 0.244 e. The SMILES string of the molecule is CCC1CN(S(=O)(=O)c2ccc(N)nc2)CCN1C. The zero-order valence-corrected chi connectivity index (χ0v) is 12.1. The van der Waals surface area contributed by atoms with Crippen molar-refractivity contribution in [2.24, 2.45) is 0 Å². The minimum absolute atomic E-state index is 0.209. The zero-order valence-electron chi connectivity index (χ0n) is 11.3. The normalized spacial score (nSPS) is 22.5. The summed E-state index contributed by atoms with van der Waals surface area (Å²) in [6.07, 6.45) is 2.26. The van der Waals surface area contributed by atoms with Crippen LogP contribution >= 0.6 is 0 Å². The molecule has 1 saturated heterocycles. The van der Waals surface area contributed by atoms with Gasteiger partial charge in [-0.2, -0.15) is 4.31 Å². The quantitative estimate of drug-likeness (QED) is 0.868. The van der Waals surface area contributed by atoms with Crippen molar-refractivity contribution in [3.63, 3.8) is 0 Å². The van der Waals surface area contributed by atoms with Gasteiger partial charge in [-0.25, -0.2) is 13.4 Å². The second-order valence-electron chi connectivity index (χ2n) is 4.82. The average Bonchev–Trinajstić information content (AvgIpc) is 2.39. The van der Waals surface area contributed by atoms with E-state index in [0.29, 0.717) is 18.9 Å². The zero-order chi connectivity index (χ0) is 14.0. The Kier molecular flexibility index (Phi) is 4.07. The summed E-state index contributed by atoms with van der Waals surface area (Å²) in [6.45, 7) is 3.86. The van der Waals surface area contributed by atoms with Gasteiger partial charge in [0.05, 0.1) is 0 Å². The van der Waals surface area contributed by atoms with Crippen molar-refractivity contribution in [3.8, 4) is 0 Å². The molecule has 0 saturated carbocycles. The van der Waals surface area contributed by atoms with Crippen LogP contribution < -0.4 is 5.73 Å². The second kappa shape index (κ2) is 5.44. The molecule has 7 heteroatoms. The van der Waals surface area contributed by atoms with Crippen molar-refractivity contribution >= 4 is 15.8 Å². The number of sulfonamides is 1. The lowest BCUT2D eigenvalue weighted by atomic mass is 10.1. The number of piperazine rings is 1. The molecule has 1 unspecified atom stereocenters. The third-order valence-corrected chi connectivity index (χ3v) is 5.46. The van der Waals surface area contributed by atoms with Gasteiger partial charge in [0.25, 0.3) is 0 Å². The van der Waals surface area contributed by atoms with Gasteiger partial charge in [0.15, 0.2) is 0 Å². The van der Waals surface area contributed by atoms with Gasteiger partial charge in [-0.05, 0) is 25.6 Å². The van der Waals surface area contributed by atoms with E-state index in [1.807, 2.05) is 7.05 Å². The molecule has 6 nitrogen and oxygen atoms in total. The monoisotopic (exact) mass is 284 g/mol. The first-order valence-corrected chi connectivity index (χ1v) is 7.81. The van der Waals surface area contributed by atoms with Crippen molar-refractivity contribution < 1.29 is 8.42 Å². The summed E-state index contributed by atoms with van der Waals surface area (Å²) in [5.41, 5.74) is 5.48. The fourth-order valence-electron chi connectivity index (χ4n) is 2.27. The van der Waals surface area contributed by atoms with Crippen molar-refractivity contribution in [2.75, 3.05) is 32.4 Å². The number of anilines is 1. The standard InChI is InChI=1S/C12H20N4O2S/c1-3-10-9-16(7-6-15(10)2)19(17,18)11-4-5-12(13)14-8-11/h4-5,8,10H,3,6-7,9H2,1-2H3,(H2,13,14). The van der Waals surface area contributed by atoms with Crippen LogP contribution in [0.1, 0.15) is 13.3 Å². The Balaban J connectivity index is 2.23. The van der Waals surface area contributed by atoms with Crippen molar-refractivity contribution in [3.05, 3.63) is 18.3 Å². The first-order chi connectivity index (χ1) is 8.95. The highest BCUT2D eigenvalue weighted by atomic mass is 32.2. The van der Waals surface area contributed by atoms with Crippen molar-refractivity contribution in [1.29, 1.82) is 0 Å². The molecule has 1 aromatic heterocycles. The van der Waals surface area contributed by atoms with E-state index in [1.54, 1.807) is 0 Å². The van der Waals surface area contributed by atoms with E-state index in [9.17, 15) is 8.42 Å². The fourth-order valence-corrected chi connectivity index (χ4v) is 3.68. The topological polar surface area (TPSA) is 79.5 Å². The van der Waals surface area contributed by atoms with Crippen LogP contribution in [0.15, 0.2) is 23.2 Å². The summed E-state index contributed by atoms with van der Waals surface area (Å²) in [7, 11) is -1.43. The van der Waals surface area contributed by atoms with Gasteiger partial charge in [-0.15, -0.1) is 0 Å². The lowest BCUT2D eigenvalue weighted by Crippen LogP contribution is -2.52. The minimum atomic E-state index is -3.46. The van der Waals surface area contributed by atoms with Crippen LogP contribution in [0.5, 0.6) is 0 Å². The predicted octanol–water partition coefficient (Wildman–Crippen LogP) is 0.379. The molecule has 106 valence electrons. The van der Waals surface area contributed by atoms with Crippen LogP contribution in [-0.4, -0.2) is 55.3 Å². The number of hydrogen-bond donors (Lipinski definition) is 1. The van der Waals surface area contributed by atoms with Crippen molar-refractivity contribution in [2.45, 2.75) is 24.3 Å². The summed E-state index contributed by atoms with van der Waals surface area (Å²) in [4.78, 5) is 6.27. The molecule has 1 atom stereocenters. The Morgan fingerprint density at radius 1 is 1.42 bits per heavy atom. The molecule has 1 fully saturated rings. The number of nitrogens with zero attached hydrogens (tertiary/aromatic N) is 3.